The van der Waals surface area contributed by atoms with Crippen LogP contribution >= 0.6 is 11.3 Å². The maximum Gasteiger partial charge on any atom is 0.339 e. The molecule has 5 aromatic rings. The van der Waals surface area contributed by atoms with Crippen LogP contribution in [-0.2, 0) is 18.4 Å². The summed E-state index contributed by atoms with van der Waals surface area (Å²) in [5.74, 6) is 0.684. The zero-order chi connectivity index (χ0) is 23.7. The predicted molar refractivity (Wildman–Crippen MR) is 127 cm³/mol. The van der Waals surface area contributed by atoms with E-state index in [-0.39, 0.29) is 12.5 Å². The van der Waals surface area contributed by atoms with E-state index in [2.05, 4.69) is 15.2 Å². The fourth-order valence-corrected chi connectivity index (χ4v) is 4.40. The Bertz CT molecular complexity index is 1470. The molecule has 0 aliphatic heterocycles. The van der Waals surface area contributed by atoms with Crippen molar-refractivity contribution in [2.24, 2.45) is 7.05 Å². The van der Waals surface area contributed by atoms with Crippen LogP contribution in [0, 0.1) is 6.92 Å². The lowest BCUT2D eigenvalue weighted by molar-refractivity contribution is 0.0432. The Morgan fingerprint density at radius 1 is 1.18 bits per heavy atom. The largest absolute Gasteiger partial charge is 0.493 e. The molecule has 0 unspecified atom stereocenters. The quantitative estimate of drug-likeness (QED) is 0.309. The summed E-state index contributed by atoms with van der Waals surface area (Å²) in [6.07, 6.45) is 0. The number of esters is 1. The van der Waals surface area contributed by atoms with Crippen molar-refractivity contribution in [3.63, 3.8) is 0 Å². The van der Waals surface area contributed by atoms with Crippen molar-refractivity contribution in [2.45, 2.75) is 20.5 Å². The van der Waals surface area contributed by atoms with Crippen LogP contribution in [0.2, 0.25) is 0 Å². The summed E-state index contributed by atoms with van der Waals surface area (Å²) in [6, 6.07) is 13.1. The van der Waals surface area contributed by atoms with Crippen LogP contribution in [0.15, 0.2) is 52.4 Å². The molecule has 34 heavy (non-hydrogen) atoms. The van der Waals surface area contributed by atoms with E-state index in [0.717, 1.165) is 4.88 Å². The van der Waals surface area contributed by atoms with Crippen molar-refractivity contribution in [1.29, 1.82) is 0 Å². The minimum atomic E-state index is -0.518. The predicted octanol–water partition coefficient (Wildman–Crippen LogP) is 4.81. The van der Waals surface area contributed by atoms with Gasteiger partial charge in [0.05, 0.1) is 39.4 Å². The highest BCUT2D eigenvalue weighted by atomic mass is 32.1. The molecule has 0 aliphatic rings. The van der Waals surface area contributed by atoms with Gasteiger partial charge < -0.3 is 14.0 Å². The summed E-state index contributed by atoms with van der Waals surface area (Å²) in [7, 11) is 1.80. The highest BCUT2D eigenvalue weighted by Gasteiger charge is 2.22. The maximum absolute atomic E-state index is 13.1. The minimum Gasteiger partial charge on any atom is -0.493 e. The van der Waals surface area contributed by atoms with Gasteiger partial charge in [0, 0.05) is 7.05 Å². The van der Waals surface area contributed by atoms with Gasteiger partial charge in [0.2, 0.25) is 5.82 Å². The molecule has 9 nitrogen and oxygen atoms in total. The van der Waals surface area contributed by atoms with Crippen molar-refractivity contribution < 1.29 is 18.8 Å². The second kappa shape index (κ2) is 9.06. The molecule has 1 aromatic carbocycles. The lowest BCUT2D eigenvalue weighted by Gasteiger charge is -2.07. The van der Waals surface area contributed by atoms with E-state index in [4.69, 9.17) is 19.0 Å². The Morgan fingerprint density at radius 3 is 2.82 bits per heavy atom. The summed E-state index contributed by atoms with van der Waals surface area (Å²) in [6.45, 7) is 4.09. The van der Waals surface area contributed by atoms with Crippen LogP contribution in [0.1, 0.15) is 28.9 Å². The third-order valence-corrected chi connectivity index (χ3v) is 6.08. The minimum absolute atomic E-state index is 0.167. The van der Waals surface area contributed by atoms with Crippen LogP contribution in [0.25, 0.3) is 33.0 Å². The van der Waals surface area contributed by atoms with E-state index < -0.39 is 5.97 Å². The molecule has 10 heteroatoms. The third kappa shape index (κ3) is 4.03. The van der Waals surface area contributed by atoms with Crippen molar-refractivity contribution in [1.82, 2.24) is 24.9 Å². The number of carbonyl (C=O) groups excluding carboxylic acids is 1. The summed E-state index contributed by atoms with van der Waals surface area (Å²) < 4.78 is 18.2. The highest BCUT2D eigenvalue weighted by Crippen LogP contribution is 2.30. The average Bonchev–Trinajstić information content (AvgIpc) is 3.59. The van der Waals surface area contributed by atoms with E-state index in [9.17, 15) is 4.79 Å². The molecule has 0 aliphatic carbocycles. The average molecular weight is 476 g/mol. The third-order valence-electron chi connectivity index (χ3n) is 5.18. The zero-order valence-corrected chi connectivity index (χ0v) is 19.6. The molecule has 0 radical (unpaired) electrons. The van der Waals surface area contributed by atoms with E-state index in [1.54, 1.807) is 29.1 Å². The molecule has 0 spiro atoms. The Labute approximate surface area is 199 Å². The second-order valence-corrected chi connectivity index (χ2v) is 8.40. The molecule has 0 fully saturated rings. The molecule has 4 heterocycles. The number of ether oxygens (including phenoxy) is 2. The van der Waals surface area contributed by atoms with Gasteiger partial charge in [0.1, 0.15) is 5.75 Å². The maximum atomic E-state index is 13.1. The lowest BCUT2D eigenvalue weighted by atomic mass is 10.1. The van der Waals surface area contributed by atoms with Gasteiger partial charge in [-0.2, -0.15) is 10.1 Å². The van der Waals surface area contributed by atoms with Gasteiger partial charge in [-0.1, -0.05) is 23.4 Å². The van der Waals surface area contributed by atoms with Gasteiger partial charge in [-0.25, -0.2) is 9.78 Å². The number of nitrogens with zero attached hydrogens (tertiary/aromatic N) is 5. The number of carbonyl (C=O) groups is 1. The van der Waals surface area contributed by atoms with Crippen LogP contribution in [0.5, 0.6) is 5.75 Å². The topological polar surface area (TPSA) is 105 Å². The van der Waals surface area contributed by atoms with E-state index in [1.807, 2.05) is 55.6 Å². The molecule has 4 aromatic heterocycles. The van der Waals surface area contributed by atoms with Gasteiger partial charge >= 0.3 is 5.97 Å². The van der Waals surface area contributed by atoms with Gasteiger partial charge in [0.15, 0.2) is 12.3 Å². The first-order valence-electron chi connectivity index (χ1n) is 10.6. The Morgan fingerprint density at radius 2 is 2.03 bits per heavy atom. The summed E-state index contributed by atoms with van der Waals surface area (Å²) in [4.78, 5) is 23.2. The van der Waals surface area contributed by atoms with E-state index >= 15 is 0 Å². The first-order valence-corrected chi connectivity index (χ1v) is 11.5. The van der Waals surface area contributed by atoms with Crippen molar-refractivity contribution in [2.75, 3.05) is 6.61 Å². The Kier molecular flexibility index (Phi) is 5.81. The molecule has 0 N–H and O–H groups in total. The Balaban J connectivity index is 1.41. The first kappa shape index (κ1) is 21.8. The SMILES string of the molecule is CCOc1ccccc1-c1noc(COC(=O)c2cc(-c3cccs3)nc3c2c(C)nn3C)n1. The fourth-order valence-electron chi connectivity index (χ4n) is 3.72. The number of aryl methyl sites for hydroxylation is 2. The van der Waals surface area contributed by atoms with Crippen molar-refractivity contribution in [3.8, 4) is 27.7 Å². The normalized spacial score (nSPS) is 11.1. The monoisotopic (exact) mass is 475 g/mol. The van der Waals surface area contributed by atoms with Gasteiger partial charge in [0.25, 0.3) is 5.89 Å². The van der Waals surface area contributed by atoms with Gasteiger partial charge in [-0.05, 0) is 43.5 Å². The van der Waals surface area contributed by atoms with E-state index in [0.29, 0.717) is 51.7 Å². The van der Waals surface area contributed by atoms with Gasteiger partial charge in [-0.3, -0.25) is 4.68 Å². The fraction of sp³-hybridized carbons (Fsp3) is 0.208. The van der Waals surface area contributed by atoms with E-state index in [1.165, 1.54) is 0 Å². The molecule has 0 saturated heterocycles. The number of fused-ring (bicyclic) bond motifs is 1. The number of hydrogen-bond acceptors (Lipinski definition) is 9. The number of pyridine rings is 1. The lowest BCUT2D eigenvalue weighted by Crippen LogP contribution is -2.07. The number of aromatic nitrogens is 5. The second-order valence-electron chi connectivity index (χ2n) is 7.46. The number of hydrogen-bond donors (Lipinski definition) is 0. The smallest absolute Gasteiger partial charge is 0.339 e. The number of thiophene rings is 1. The van der Waals surface area contributed by atoms with Crippen molar-refractivity contribution >= 4 is 28.3 Å². The number of rotatable bonds is 7. The van der Waals surface area contributed by atoms with Crippen LogP contribution in [0.4, 0.5) is 0 Å². The first-order chi connectivity index (χ1) is 16.5. The molecule has 0 bridgehead atoms. The molecule has 0 saturated carbocycles. The van der Waals surface area contributed by atoms with Crippen LogP contribution in [-0.4, -0.2) is 37.5 Å². The summed E-state index contributed by atoms with van der Waals surface area (Å²) in [5.41, 5.74) is 3.09. The van der Waals surface area contributed by atoms with Gasteiger partial charge in [-0.15, -0.1) is 11.3 Å². The molecule has 5 rings (SSSR count). The molecular formula is C24H21N5O4S. The number of para-hydroxylation sites is 1. The molecule has 0 amide bonds. The number of benzene rings is 1. The highest BCUT2D eigenvalue weighted by molar-refractivity contribution is 7.13. The van der Waals surface area contributed by atoms with Crippen molar-refractivity contribution in [3.05, 3.63) is 65.0 Å². The van der Waals surface area contributed by atoms with Crippen LogP contribution in [0.3, 0.4) is 0 Å². The van der Waals surface area contributed by atoms with Crippen LogP contribution < -0.4 is 4.74 Å². The standard InChI is InChI=1S/C24H21N5O4S/c1-4-31-18-9-6-5-8-15(18)22-26-20(33-28-22)13-32-24(30)16-12-17(19-10-7-11-34-19)25-23-21(16)14(2)27-29(23)3/h5-12H,4,13H2,1-3H3. The molecule has 172 valence electrons. The summed E-state index contributed by atoms with van der Waals surface area (Å²) >= 11 is 1.55. The zero-order valence-electron chi connectivity index (χ0n) is 18.8. The molecular weight excluding hydrogens is 454 g/mol. The Hall–Kier alpha value is -4.05. The summed E-state index contributed by atoms with van der Waals surface area (Å²) in [5, 5.41) is 11.1. The molecule has 0 atom stereocenters.